The average Bonchev–Trinajstić information content (AvgIpc) is 3.24. The van der Waals surface area contributed by atoms with E-state index >= 15 is 0 Å². The first-order valence-corrected chi connectivity index (χ1v) is 17.4. The van der Waals surface area contributed by atoms with Crippen LogP contribution in [0.5, 0.6) is 0 Å². The standard InChI is InChI=1S/C25H47N3O10P2/c1-2-3-4-5-6-7-8-9-10-11-12-13-14-15-18-35-39(31,32)38-40(33,34)36-20-22-21(29)19-24(37-22)28-17-16-23(26)27-25(28)30/h16-17,21-22,24,29H,2-15,18-20H2,1H3,(H,31,32)(H,33,34)(H2,26,27,30)/t21-,22+,24+/m1/s1. The molecule has 1 aliphatic rings. The van der Waals surface area contributed by atoms with Gasteiger partial charge in [0.25, 0.3) is 0 Å². The summed E-state index contributed by atoms with van der Waals surface area (Å²) >= 11 is 0. The van der Waals surface area contributed by atoms with E-state index in [1.165, 1.54) is 70.1 Å². The van der Waals surface area contributed by atoms with Gasteiger partial charge in [-0.3, -0.25) is 13.6 Å². The second kappa shape index (κ2) is 18.4. The Morgan fingerprint density at radius 2 is 1.48 bits per heavy atom. The van der Waals surface area contributed by atoms with Crippen LogP contribution in [0.15, 0.2) is 17.1 Å². The van der Waals surface area contributed by atoms with Gasteiger partial charge >= 0.3 is 21.3 Å². The number of aromatic nitrogens is 2. The zero-order valence-electron chi connectivity index (χ0n) is 23.5. The fourth-order valence-electron chi connectivity index (χ4n) is 4.50. The van der Waals surface area contributed by atoms with Crippen LogP contribution in [-0.2, 0) is 27.2 Å². The van der Waals surface area contributed by atoms with Crippen LogP contribution in [0.3, 0.4) is 0 Å². The third-order valence-corrected chi connectivity index (χ3v) is 9.36. The third kappa shape index (κ3) is 14.2. The summed E-state index contributed by atoms with van der Waals surface area (Å²) < 4.78 is 44.8. The van der Waals surface area contributed by atoms with Crippen LogP contribution in [0.25, 0.3) is 0 Å². The molecule has 13 nitrogen and oxygen atoms in total. The van der Waals surface area contributed by atoms with Gasteiger partial charge < -0.3 is 25.4 Å². The van der Waals surface area contributed by atoms with Crippen LogP contribution in [0.2, 0.25) is 0 Å². The number of nitrogens with two attached hydrogens (primary N) is 1. The minimum absolute atomic E-state index is 0.0169. The Hall–Kier alpha value is -1.14. The molecule has 2 rings (SSSR count). The number of phosphoric acid groups is 2. The summed E-state index contributed by atoms with van der Waals surface area (Å²) in [7, 11) is -9.87. The predicted octanol–water partition coefficient (Wildman–Crippen LogP) is 5.21. The number of nitrogens with zero attached hydrogens (tertiary/aromatic N) is 2. The number of anilines is 1. The van der Waals surface area contributed by atoms with Crippen molar-refractivity contribution in [3.63, 3.8) is 0 Å². The number of hydrogen-bond donors (Lipinski definition) is 4. The number of nitrogen functional groups attached to an aromatic ring is 1. The second-order valence-corrected chi connectivity index (χ2v) is 13.3. The van der Waals surface area contributed by atoms with Gasteiger partial charge in [-0.15, -0.1) is 0 Å². The molecule has 0 radical (unpaired) electrons. The third-order valence-electron chi connectivity index (χ3n) is 6.73. The molecule has 1 aromatic rings. The summed E-state index contributed by atoms with van der Waals surface area (Å²) in [5, 5.41) is 10.2. The van der Waals surface area contributed by atoms with Gasteiger partial charge in [-0.25, -0.2) is 13.9 Å². The van der Waals surface area contributed by atoms with Crippen LogP contribution in [-0.4, -0.2) is 49.9 Å². The van der Waals surface area contributed by atoms with Gasteiger partial charge in [-0.05, 0) is 12.5 Å². The highest BCUT2D eigenvalue weighted by Crippen LogP contribution is 2.60. The molecule has 1 aliphatic heterocycles. The SMILES string of the molecule is CCCCCCCCCCCCCCCCOP(=O)(O)OP(=O)(O)OC[C@@H]1O[C@H](n2ccc(N)nc2=O)C[C@H]1O. The lowest BCUT2D eigenvalue weighted by Crippen LogP contribution is -2.28. The van der Waals surface area contributed by atoms with Crippen LogP contribution >= 0.6 is 15.6 Å². The lowest BCUT2D eigenvalue weighted by atomic mass is 10.0. The molecule has 0 bridgehead atoms. The first-order valence-electron chi connectivity index (χ1n) is 14.4. The molecule has 2 unspecified atom stereocenters. The van der Waals surface area contributed by atoms with Gasteiger partial charge in [0, 0.05) is 12.6 Å². The van der Waals surface area contributed by atoms with E-state index in [-0.39, 0.29) is 18.8 Å². The monoisotopic (exact) mass is 611 g/mol. The van der Waals surface area contributed by atoms with E-state index in [9.17, 15) is 28.8 Å². The molecule has 15 heteroatoms. The number of aliphatic hydroxyl groups is 1. The topological polar surface area (TPSA) is 193 Å². The number of ether oxygens (including phenoxy) is 1. The van der Waals surface area contributed by atoms with Gasteiger partial charge in [-0.2, -0.15) is 9.29 Å². The molecule has 5 atom stereocenters. The summed E-state index contributed by atoms with van der Waals surface area (Å²) in [6.45, 7) is 1.48. The lowest BCUT2D eigenvalue weighted by Gasteiger charge is -2.19. The molecule has 1 fully saturated rings. The number of hydrogen-bond acceptors (Lipinski definition) is 10. The zero-order valence-corrected chi connectivity index (χ0v) is 25.3. The maximum atomic E-state index is 12.2. The fraction of sp³-hybridized carbons (Fsp3) is 0.840. The highest BCUT2D eigenvalue weighted by atomic mass is 31.3. The van der Waals surface area contributed by atoms with Gasteiger partial charge in [0.15, 0.2) is 0 Å². The smallest absolute Gasteiger partial charge is 0.390 e. The highest BCUT2D eigenvalue weighted by molar-refractivity contribution is 7.61. The Labute approximate surface area is 236 Å². The van der Waals surface area contributed by atoms with Crippen molar-refractivity contribution in [3.05, 3.63) is 22.7 Å². The molecule has 2 heterocycles. The molecule has 0 amide bonds. The van der Waals surface area contributed by atoms with Gasteiger partial charge in [0.2, 0.25) is 0 Å². The molecule has 1 aromatic heterocycles. The zero-order chi connectivity index (χ0) is 29.4. The largest absolute Gasteiger partial charge is 0.481 e. The maximum Gasteiger partial charge on any atom is 0.481 e. The molecule has 232 valence electrons. The van der Waals surface area contributed by atoms with E-state index in [1.54, 1.807) is 0 Å². The van der Waals surface area contributed by atoms with E-state index in [2.05, 4.69) is 16.2 Å². The second-order valence-electron chi connectivity index (χ2n) is 10.2. The molecule has 5 N–H and O–H groups in total. The van der Waals surface area contributed by atoms with E-state index in [1.807, 2.05) is 0 Å². The number of phosphoric ester groups is 2. The van der Waals surface area contributed by atoms with Crippen molar-refractivity contribution >= 4 is 21.5 Å². The molecule has 1 saturated heterocycles. The van der Waals surface area contributed by atoms with Crippen molar-refractivity contribution < 1.29 is 42.1 Å². The van der Waals surface area contributed by atoms with Crippen molar-refractivity contribution in [2.24, 2.45) is 0 Å². The fourth-order valence-corrected chi connectivity index (χ4v) is 6.62. The van der Waals surface area contributed by atoms with Gasteiger partial charge in [0.1, 0.15) is 18.1 Å². The molecular weight excluding hydrogens is 564 g/mol. The average molecular weight is 612 g/mol. The normalized spacial score (nSPS) is 22.2. The predicted molar refractivity (Wildman–Crippen MR) is 150 cm³/mol. The van der Waals surface area contributed by atoms with Crippen LogP contribution in [0, 0.1) is 0 Å². The molecular formula is C25H47N3O10P2. The first-order chi connectivity index (χ1) is 19.0. The number of rotatable bonds is 22. The lowest BCUT2D eigenvalue weighted by molar-refractivity contribution is -0.0450. The summed E-state index contributed by atoms with van der Waals surface area (Å²) in [6, 6.07) is 1.38. The van der Waals surface area contributed by atoms with Gasteiger partial charge in [0.05, 0.1) is 19.3 Å². The minimum atomic E-state index is -5.02. The van der Waals surface area contributed by atoms with Crippen molar-refractivity contribution in [3.8, 4) is 0 Å². The summed E-state index contributed by atoms with van der Waals surface area (Å²) in [4.78, 5) is 35.2. The Kier molecular flexibility index (Phi) is 16.1. The first kappa shape index (κ1) is 35.1. The number of aliphatic hydroxyl groups excluding tert-OH is 1. The Morgan fingerprint density at radius 3 is 2.02 bits per heavy atom. The Bertz CT molecular complexity index is 1010. The molecule has 40 heavy (non-hydrogen) atoms. The van der Waals surface area contributed by atoms with E-state index in [0.717, 1.165) is 30.3 Å². The molecule has 0 saturated carbocycles. The van der Waals surface area contributed by atoms with Crippen LogP contribution < -0.4 is 11.4 Å². The highest BCUT2D eigenvalue weighted by Gasteiger charge is 2.40. The summed E-state index contributed by atoms with van der Waals surface area (Å²) in [6.07, 6.45) is 14.5. The van der Waals surface area contributed by atoms with Crippen molar-refractivity contribution in [1.82, 2.24) is 9.55 Å². The summed E-state index contributed by atoms with van der Waals surface area (Å²) in [5.41, 5.74) is 4.77. The minimum Gasteiger partial charge on any atom is -0.390 e. The van der Waals surface area contributed by atoms with Crippen LogP contribution in [0.1, 0.15) is 109 Å². The molecule has 0 aliphatic carbocycles. The van der Waals surface area contributed by atoms with E-state index < -0.39 is 46.4 Å². The quantitative estimate of drug-likeness (QED) is 0.0990. The Morgan fingerprint density at radius 1 is 0.950 bits per heavy atom. The summed E-state index contributed by atoms with van der Waals surface area (Å²) in [5.74, 6) is 0.0260. The van der Waals surface area contributed by atoms with E-state index in [4.69, 9.17) is 19.5 Å². The van der Waals surface area contributed by atoms with E-state index in [0.29, 0.717) is 6.42 Å². The maximum absolute atomic E-state index is 12.2. The Balaban J connectivity index is 1.55. The molecule has 0 spiro atoms. The van der Waals surface area contributed by atoms with Crippen LogP contribution in [0.4, 0.5) is 5.82 Å². The van der Waals surface area contributed by atoms with Crippen molar-refractivity contribution in [1.29, 1.82) is 0 Å². The van der Waals surface area contributed by atoms with Crippen molar-refractivity contribution in [2.75, 3.05) is 18.9 Å². The van der Waals surface area contributed by atoms with Crippen molar-refractivity contribution in [2.45, 2.75) is 122 Å². The molecule has 0 aromatic carbocycles. The number of unbranched alkanes of at least 4 members (excludes halogenated alkanes) is 13. The van der Waals surface area contributed by atoms with Gasteiger partial charge in [-0.1, -0.05) is 90.4 Å².